The van der Waals surface area contributed by atoms with E-state index in [-0.39, 0.29) is 33.5 Å². The standard InChI is InChI=1S/C21H16ClF3N4OS2/c1-12-4-6-13(7-5-12)18(16-3-2-8-31-16)26-17(30)11-32-20-28-27-19-15(22)9-14(10-29(19)20)21(23,24)25/h2-10,18H,11H2,1H3,(H,26,30). The number of rotatable bonds is 6. The number of hydrogen-bond acceptors (Lipinski definition) is 5. The van der Waals surface area contributed by atoms with Crippen molar-refractivity contribution in [2.45, 2.75) is 24.3 Å². The SMILES string of the molecule is Cc1ccc(C(NC(=O)CSc2nnc3c(Cl)cc(C(F)(F)F)cn23)c2cccs2)cc1. The van der Waals surface area contributed by atoms with Crippen molar-refractivity contribution in [2.75, 3.05) is 5.75 Å². The maximum absolute atomic E-state index is 13.1. The number of nitrogens with one attached hydrogen (secondary N) is 1. The molecule has 1 aromatic carbocycles. The molecule has 3 heterocycles. The van der Waals surface area contributed by atoms with Crippen molar-refractivity contribution >= 4 is 46.3 Å². The molecule has 5 nitrogen and oxygen atoms in total. The Morgan fingerprint density at radius 1 is 1.25 bits per heavy atom. The van der Waals surface area contributed by atoms with Crippen LogP contribution in [0.25, 0.3) is 5.65 Å². The summed E-state index contributed by atoms with van der Waals surface area (Å²) in [7, 11) is 0. The number of thioether (sulfide) groups is 1. The maximum Gasteiger partial charge on any atom is 0.417 e. The van der Waals surface area contributed by atoms with Crippen molar-refractivity contribution in [2.24, 2.45) is 0 Å². The van der Waals surface area contributed by atoms with Crippen LogP contribution < -0.4 is 5.32 Å². The summed E-state index contributed by atoms with van der Waals surface area (Å²) in [6.07, 6.45) is -3.69. The maximum atomic E-state index is 13.1. The Hall–Kier alpha value is -2.56. The smallest absolute Gasteiger partial charge is 0.344 e. The highest BCUT2D eigenvalue weighted by Crippen LogP contribution is 2.33. The van der Waals surface area contributed by atoms with Gasteiger partial charge in [0, 0.05) is 11.1 Å². The van der Waals surface area contributed by atoms with Crippen LogP contribution in [0, 0.1) is 6.92 Å². The molecule has 1 N–H and O–H groups in total. The molecule has 0 saturated carbocycles. The van der Waals surface area contributed by atoms with Crippen molar-refractivity contribution in [3.63, 3.8) is 0 Å². The fraction of sp³-hybridized carbons (Fsp3) is 0.190. The van der Waals surface area contributed by atoms with Gasteiger partial charge in [-0.3, -0.25) is 9.20 Å². The van der Waals surface area contributed by atoms with E-state index in [9.17, 15) is 18.0 Å². The number of carbonyl (C=O) groups is 1. The van der Waals surface area contributed by atoms with Crippen LogP contribution in [0.4, 0.5) is 13.2 Å². The van der Waals surface area contributed by atoms with Crippen LogP contribution in [0.5, 0.6) is 0 Å². The molecule has 0 radical (unpaired) electrons. The van der Waals surface area contributed by atoms with Crippen LogP contribution in [-0.4, -0.2) is 26.3 Å². The van der Waals surface area contributed by atoms with Gasteiger partial charge in [-0.05, 0) is 30.0 Å². The van der Waals surface area contributed by atoms with Crippen LogP contribution in [0.15, 0.2) is 59.2 Å². The first kappa shape index (κ1) is 22.6. The fourth-order valence-electron chi connectivity index (χ4n) is 3.05. The minimum absolute atomic E-state index is 0.0532. The van der Waals surface area contributed by atoms with E-state index in [1.807, 2.05) is 48.7 Å². The van der Waals surface area contributed by atoms with Crippen LogP contribution in [-0.2, 0) is 11.0 Å². The monoisotopic (exact) mass is 496 g/mol. The normalized spacial score (nSPS) is 12.8. The van der Waals surface area contributed by atoms with Crippen molar-refractivity contribution in [1.29, 1.82) is 0 Å². The number of hydrogen-bond donors (Lipinski definition) is 1. The van der Waals surface area contributed by atoms with E-state index in [0.717, 1.165) is 44.4 Å². The number of pyridine rings is 1. The zero-order valence-corrected chi connectivity index (χ0v) is 18.9. The Kier molecular flexibility index (Phi) is 6.45. The summed E-state index contributed by atoms with van der Waals surface area (Å²) in [6.45, 7) is 1.98. The van der Waals surface area contributed by atoms with Gasteiger partial charge in [-0.2, -0.15) is 13.2 Å². The number of halogens is 4. The zero-order chi connectivity index (χ0) is 22.9. The highest BCUT2D eigenvalue weighted by Gasteiger charge is 2.32. The number of fused-ring (bicyclic) bond motifs is 1. The van der Waals surface area contributed by atoms with E-state index in [1.54, 1.807) is 0 Å². The molecule has 4 aromatic rings. The van der Waals surface area contributed by atoms with Gasteiger partial charge in [0.05, 0.1) is 22.4 Å². The van der Waals surface area contributed by atoms with Gasteiger partial charge >= 0.3 is 6.18 Å². The Labute approximate surface area is 194 Å². The van der Waals surface area contributed by atoms with Crippen LogP contribution in [0.3, 0.4) is 0 Å². The van der Waals surface area contributed by atoms with E-state index in [4.69, 9.17) is 11.6 Å². The molecule has 0 spiro atoms. The number of alkyl halides is 3. The molecule has 11 heteroatoms. The molecule has 0 aliphatic carbocycles. The van der Waals surface area contributed by atoms with Gasteiger partial charge in [-0.15, -0.1) is 21.5 Å². The molecule has 1 atom stereocenters. The number of amides is 1. The Morgan fingerprint density at radius 2 is 2.00 bits per heavy atom. The lowest BCUT2D eigenvalue weighted by Gasteiger charge is -2.18. The third-order valence-electron chi connectivity index (χ3n) is 4.63. The van der Waals surface area contributed by atoms with Crippen molar-refractivity contribution in [3.05, 3.63) is 80.6 Å². The van der Waals surface area contributed by atoms with Crippen molar-refractivity contribution < 1.29 is 18.0 Å². The summed E-state index contributed by atoms with van der Waals surface area (Å²) in [5, 5.41) is 12.6. The lowest BCUT2D eigenvalue weighted by Crippen LogP contribution is -2.30. The molecule has 0 aliphatic heterocycles. The van der Waals surface area contributed by atoms with Gasteiger partial charge in [-0.1, -0.05) is 59.3 Å². The van der Waals surface area contributed by atoms with Gasteiger partial charge in [0.15, 0.2) is 10.8 Å². The third-order valence-corrected chi connectivity index (χ3v) is 6.79. The molecule has 32 heavy (non-hydrogen) atoms. The van der Waals surface area contributed by atoms with E-state index in [0.29, 0.717) is 0 Å². The Balaban J connectivity index is 1.52. The summed E-state index contributed by atoms with van der Waals surface area (Å²) < 4.78 is 40.5. The molecule has 166 valence electrons. The largest absolute Gasteiger partial charge is 0.417 e. The number of carbonyl (C=O) groups excluding carboxylic acids is 1. The minimum atomic E-state index is -4.57. The second kappa shape index (κ2) is 9.13. The number of aryl methyl sites for hydroxylation is 1. The average Bonchev–Trinajstić information content (AvgIpc) is 3.41. The summed E-state index contributed by atoms with van der Waals surface area (Å²) in [5.74, 6) is -0.341. The van der Waals surface area contributed by atoms with Gasteiger partial charge in [0.1, 0.15) is 0 Å². The minimum Gasteiger partial charge on any atom is -0.344 e. The third kappa shape index (κ3) is 4.92. The average molecular weight is 497 g/mol. The second-order valence-corrected chi connectivity index (χ2v) is 9.29. The molecule has 4 rings (SSSR count). The first-order chi connectivity index (χ1) is 15.2. The summed E-state index contributed by atoms with van der Waals surface area (Å²) in [4.78, 5) is 13.7. The summed E-state index contributed by atoms with van der Waals surface area (Å²) in [5.41, 5.74) is 1.22. The molecule has 1 amide bonds. The molecule has 1 unspecified atom stereocenters. The first-order valence-electron chi connectivity index (χ1n) is 9.36. The predicted molar refractivity (Wildman–Crippen MR) is 119 cm³/mol. The Morgan fingerprint density at radius 3 is 2.66 bits per heavy atom. The molecule has 0 bridgehead atoms. The molecule has 0 aliphatic rings. The Bertz CT molecular complexity index is 1240. The highest BCUT2D eigenvalue weighted by molar-refractivity contribution is 7.99. The van der Waals surface area contributed by atoms with Gasteiger partial charge < -0.3 is 5.32 Å². The lowest BCUT2D eigenvalue weighted by molar-refractivity contribution is -0.137. The van der Waals surface area contributed by atoms with Crippen LogP contribution >= 0.6 is 34.7 Å². The molecular weight excluding hydrogens is 481 g/mol. The van der Waals surface area contributed by atoms with Gasteiger partial charge in [0.2, 0.25) is 5.91 Å². The quantitative estimate of drug-likeness (QED) is 0.344. The van der Waals surface area contributed by atoms with Gasteiger partial charge in [0.25, 0.3) is 0 Å². The van der Waals surface area contributed by atoms with Crippen LogP contribution in [0.1, 0.15) is 27.6 Å². The van der Waals surface area contributed by atoms with Crippen molar-refractivity contribution in [1.82, 2.24) is 19.9 Å². The zero-order valence-electron chi connectivity index (χ0n) is 16.6. The predicted octanol–water partition coefficient (Wildman–Crippen LogP) is 5.77. The molecule has 3 aromatic heterocycles. The fourth-order valence-corrected chi connectivity index (χ4v) is 4.82. The number of thiophene rings is 1. The summed E-state index contributed by atoms with van der Waals surface area (Å²) in [6, 6.07) is 12.2. The second-order valence-electron chi connectivity index (χ2n) is 6.97. The topological polar surface area (TPSA) is 59.3 Å². The number of nitrogens with zero attached hydrogens (tertiary/aromatic N) is 3. The van der Waals surface area contributed by atoms with E-state index >= 15 is 0 Å². The molecule has 0 saturated heterocycles. The lowest BCUT2D eigenvalue weighted by atomic mass is 10.0. The van der Waals surface area contributed by atoms with Gasteiger partial charge in [-0.25, -0.2) is 0 Å². The summed E-state index contributed by atoms with van der Waals surface area (Å²) >= 11 is 8.45. The number of benzene rings is 1. The highest BCUT2D eigenvalue weighted by atomic mass is 35.5. The van der Waals surface area contributed by atoms with E-state index in [1.165, 1.54) is 11.3 Å². The molecular formula is C21H16ClF3N4OS2. The molecule has 0 fully saturated rings. The van der Waals surface area contributed by atoms with E-state index < -0.39 is 11.7 Å². The van der Waals surface area contributed by atoms with Crippen molar-refractivity contribution in [3.8, 4) is 0 Å². The number of aromatic nitrogens is 3. The first-order valence-corrected chi connectivity index (χ1v) is 11.6. The van der Waals surface area contributed by atoms with Crippen LogP contribution in [0.2, 0.25) is 5.02 Å². The van der Waals surface area contributed by atoms with E-state index in [2.05, 4.69) is 15.5 Å².